The van der Waals surface area contributed by atoms with E-state index in [1.807, 2.05) is 36.4 Å². The van der Waals surface area contributed by atoms with Gasteiger partial charge in [-0.3, -0.25) is 9.59 Å². The van der Waals surface area contributed by atoms with Crippen LogP contribution in [-0.4, -0.2) is 28.5 Å². The first-order valence-corrected chi connectivity index (χ1v) is 11.3. The van der Waals surface area contributed by atoms with Gasteiger partial charge in [-0.2, -0.15) is 4.98 Å². The fraction of sp³-hybridized carbons (Fsp3) is 0.240. The number of rotatable bonds is 10. The van der Waals surface area contributed by atoms with Crippen molar-refractivity contribution in [3.8, 4) is 0 Å². The lowest BCUT2D eigenvalue weighted by molar-refractivity contribution is 0.0951. The van der Waals surface area contributed by atoms with E-state index in [0.29, 0.717) is 24.1 Å². The number of pyridine rings is 1. The molecule has 0 atom stereocenters. The second-order valence-electron chi connectivity index (χ2n) is 7.71. The largest absolute Gasteiger partial charge is 0.424 e. The molecule has 0 saturated carbocycles. The van der Waals surface area contributed by atoms with Crippen molar-refractivity contribution in [1.82, 2.24) is 14.9 Å². The minimum Gasteiger partial charge on any atom is -0.424 e. The van der Waals surface area contributed by atoms with E-state index in [1.165, 1.54) is 4.57 Å². The van der Waals surface area contributed by atoms with Crippen molar-refractivity contribution in [2.24, 2.45) is 0 Å². The molecule has 0 saturated heterocycles. The van der Waals surface area contributed by atoms with Crippen LogP contribution >= 0.6 is 11.6 Å². The summed E-state index contributed by atoms with van der Waals surface area (Å²) in [4.78, 5) is 29.6. The van der Waals surface area contributed by atoms with E-state index in [1.54, 1.807) is 30.5 Å². The molecule has 2 aromatic carbocycles. The van der Waals surface area contributed by atoms with E-state index in [9.17, 15) is 9.59 Å². The highest BCUT2D eigenvalue weighted by molar-refractivity contribution is 6.30. The van der Waals surface area contributed by atoms with E-state index in [-0.39, 0.29) is 17.0 Å². The number of fused-ring (bicyclic) bond motifs is 1. The molecule has 0 aliphatic rings. The fourth-order valence-corrected chi connectivity index (χ4v) is 3.75. The standard InChI is InChI=1S/C25H25ClN4O3/c26-19-9-6-8-18(16-19)17-30-15-7-10-20(24(30)32)23(31)27-13-4-1-5-14-28-25-29-21-11-2-3-12-22(21)33-25/h2-3,6-12,15-16H,1,4-5,13-14,17H2,(H,27,31)(H,28,29). The van der Waals surface area contributed by atoms with Gasteiger partial charge < -0.3 is 19.6 Å². The molecule has 0 bridgehead atoms. The third-order valence-corrected chi connectivity index (χ3v) is 5.45. The van der Waals surface area contributed by atoms with Gasteiger partial charge in [-0.25, -0.2) is 0 Å². The molecule has 0 aliphatic heterocycles. The van der Waals surface area contributed by atoms with Gasteiger partial charge in [0.15, 0.2) is 5.58 Å². The van der Waals surface area contributed by atoms with Crippen molar-refractivity contribution < 1.29 is 9.21 Å². The van der Waals surface area contributed by atoms with E-state index in [4.69, 9.17) is 16.0 Å². The van der Waals surface area contributed by atoms with Crippen LogP contribution in [0.2, 0.25) is 5.02 Å². The van der Waals surface area contributed by atoms with Crippen LogP contribution in [0.25, 0.3) is 11.1 Å². The minimum atomic E-state index is -0.356. The molecule has 0 aliphatic carbocycles. The molecule has 7 nitrogen and oxygen atoms in total. The summed E-state index contributed by atoms with van der Waals surface area (Å²) in [6.45, 7) is 1.59. The van der Waals surface area contributed by atoms with E-state index in [0.717, 1.165) is 42.5 Å². The van der Waals surface area contributed by atoms with Crippen LogP contribution in [0.1, 0.15) is 35.2 Å². The third-order valence-electron chi connectivity index (χ3n) is 5.22. The highest BCUT2D eigenvalue weighted by Crippen LogP contribution is 2.18. The zero-order chi connectivity index (χ0) is 23.0. The van der Waals surface area contributed by atoms with Crippen molar-refractivity contribution >= 4 is 34.6 Å². The lowest BCUT2D eigenvalue weighted by Gasteiger charge is -2.09. The lowest BCUT2D eigenvalue weighted by Crippen LogP contribution is -2.33. The number of para-hydroxylation sites is 2. The molecular weight excluding hydrogens is 440 g/mol. The molecule has 1 amide bonds. The van der Waals surface area contributed by atoms with Crippen LogP contribution in [0.5, 0.6) is 0 Å². The topological polar surface area (TPSA) is 89.2 Å². The highest BCUT2D eigenvalue weighted by Gasteiger charge is 2.12. The molecule has 8 heteroatoms. The van der Waals surface area contributed by atoms with Crippen LogP contribution < -0.4 is 16.2 Å². The zero-order valence-electron chi connectivity index (χ0n) is 18.1. The van der Waals surface area contributed by atoms with Gasteiger partial charge in [-0.1, -0.05) is 35.9 Å². The molecule has 170 valence electrons. The Morgan fingerprint density at radius 2 is 1.85 bits per heavy atom. The van der Waals surface area contributed by atoms with Crippen LogP contribution in [0.15, 0.2) is 76.1 Å². The summed E-state index contributed by atoms with van der Waals surface area (Å²) in [5.41, 5.74) is 2.30. The Labute approximate surface area is 196 Å². The molecule has 0 radical (unpaired) electrons. The number of nitrogens with one attached hydrogen (secondary N) is 2. The summed E-state index contributed by atoms with van der Waals surface area (Å²) in [7, 11) is 0. The Bertz CT molecular complexity index is 1270. The Morgan fingerprint density at radius 1 is 1.00 bits per heavy atom. The summed E-state index contributed by atoms with van der Waals surface area (Å²) < 4.78 is 7.14. The molecule has 33 heavy (non-hydrogen) atoms. The minimum absolute atomic E-state index is 0.136. The van der Waals surface area contributed by atoms with Gasteiger partial charge in [-0.05, 0) is 61.2 Å². The number of hydrogen-bond acceptors (Lipinski definition) is 5. The SMILES string of the molecule is O=C(NCCCCCNc1nc2ccccc2o1)c1cccn(Cc2cccc(Cl)c2)c1=O. The van der Waals surface area contributed by atoms with E-state index < -0.39 is 0 Å². The van der Waals surface area contributed by atoms with E-state index >= 15 is 0 Å². The van der Waals surface area contributed by atoms with Crippen molar-refractivity contribution in [1.29, 1.82) is 0 Å². The van der Waals surface area contributed by atoms with Gasteiger partial charge in [0.1, 0.15) is 11.1 Å². The number of oxazole rings is 1. The smallest absolute Gasteiger partial charge is 0.295 e. The van der Waals surface area contributed by atoms with Gasteiger partial charge in [-0.15, -0.1) is 0 Å². The Morgan fingerprint density at radius 3 is 2.70 bits per heavy atom. The number of benzene rings is 2. The maximum Gasteiger partial charge on any atom is 0.295 e. The number of anilines is 1. The third kappa shape index (κ3) is 6.02. The van der Waals surface area contributed by atoms with Gasteiger partial charge in [0.2, 0.25) is 0 Å². The molecule has 2 aromatic heterocycles. The van der Waals surface area contributed by atoms with Crippen molar-refractivity contribution in [3.05, 3.63) is 93.4 Å². The van der Waals surface area contributed by atoms with Crippen molar-refractivity contribution in [2.45, 2.75) is 25.8 Å². The number of carbonyl (C=O) groups is 1. The summed E-state index contributed by atoms with van der Waals surface area (Å²) in [6, 6.07) is 18.7. The summed E-state index contributed by atoms with van der Waals surface area (Å²) in [5.74, 6) is -0.356. The molecule has 4 rings (SSSR count). The fourth-order valence-electron chi connectivity index (χ4n) is 3.53. The van der Waals surface area contributed by atoms with Crippen molar-refractivity contribution in [3.63, 3.8) is 0 Å². The predicted molar refractivity (Wildman–Crippen MR) is 130 cm³/mol. The first-order chi connectivity index (χ1) is 16.1. The lowest BCUT2D eigenvalue weighted by atomic mass is 10.2. The quantitative estimate of drug-likeness (QED) is 0.332. The molecule has 0 spiro atoms. The van der Waals surface area contributed by atoms with Crippen LogP contribution in [0.4, 0.5) is 6.01 Å². The summed E-state index contributed by atoms with van der Waals surface area (Å²) >= 11 is 6.02. The predicted octanol–water partition coefficient (Wildman–Crippen LogP) is 4.70. The number of nitrogens with zero attached hydrogens (tertiary/aromatic N) is 2. The number of halogens is 1. The molecule has 4 aromatic rings. The Balaban J connectivity index is 1.20. The monoisotopic (exact) mass is 464 g/mol. The highest BCUT2D eigenvalue weighted by atomic mass is 35.5. The summed E-state index contributed by atoms with van der Waals surface area (Å²) in [6.07, 6.45) is 4.31. The normalized spacial score (nSPS) is 10.9. The maximum atomic E-state index is 12.7. The number of aromatic nitrogens is 2. The first kappa shape index (κ1) is 22.6. The zero-order valence-corrected chi connectivity index (χ0v) is 18.8. The van der Waals surface area contributed by atoms with Gasteiger partial charge >= 0.3 is 0 Å². The average molecular weight is 465 g/mol. The Kier molecular flexibility index (Phi) is 7.42. The van der Waals surface area contributed by atoms with Gasteiger partial charge in [0.05, 0.1) is 6.54 Å². The van der Waals surface area contributed by atoms with Crippen LogP contribution in [-0.2, 0) is 6.54 Å². The van der Waals surface area contributed by atoms with Crippen LogP contribution in [0, 0.1) is 0 Å². The number of hydrogen-bond donors (Lipinski definition) is 2. The van der Waals surface area contributed by atoms with Gasteiger partial charge in [0, 0.05) is 24.3 Å². The second-order valence-corrected chi connectivity index (χ2v) is 8.15. The maximum absolute atomic E-state index is 12.7. The molecule has 0 fully saturated rings. The summed E-state index contributed by atoms with van der Waals surface area (Å²) in [5, 5.41) is 6.63. The second kappa shape index (κ2) is 10.8. The average Bonchev–Trinajstić information content (AvgIpc) is 3.22. The molecule has 0 unspecified atom stereocenters. The molecule has 2 heterocycles. The number of amides is 1. The van der Waals surface area contributed by atoms with Crippen LogP contribution in [0.3, 0.4) is 0 Å². The van der Waals surface area contributed by atoms with Crippen molar-refractivity contribution in [2.75, 3.05) is 18.4 Å². The number of carbonyl (C=O) groups excluding carboxylic acids is 1. The molecule has 2 N–H and O–H groups in total. The number of unbranched alkanes of at least 4 members (excludes halogenated alkanes) is 2. The van der Waals surface area contributed by atoms with E-state index in [2.05, 4.69) is 15.6 Å². The molecular formula is C25H25ClN4O3. The Hall–Kier alpha value is -3.58. The first-order valence-electron chi connectivity index (χ1n) is 10.9. The van der Waals surface area contributed by atoms with Gasteiger partial charge in [0.25, 0.3) is 17.5 Å².